The highest BCUT2D eigenvalue weighted by molar-refractivity contribution is 7.07. The number of hydrogen-bond donors (Lipinski definition) is 0. The Bertz CT molecular complexity index is 2000. The quantitative estimate of drug-likeness (QED) is 0.252. The maximum Gasteiger partial charge on any atom is 0.338 e. The maximum atomic E-state index is 14.6. The Balaban J connectivity index is 1.64. The van der Waals surface area contributed by atoms with Crippen LogP contribution in [-0.2, 0) is 20.9 Å². The fourth-order valence-corrected chi connectivity index (χ4v) is 7.10. The third-order valence-electron chi connectivity index (χ3n) is 7.69. The summed E-state index contributed by atoms with van der Waals surface area (Å²) in [6.45, 7) is 4.23. The first-order valence-electron chi connectivity index (χ1n) is 14.4. The van der Waals surface area contributed by atoms with E-state index in [0.29, 0.717) is 57.4 Å². The van der Waals surface area contributed by atoms with Crippen LogP contribution in [0, 0.1) is 0 Å². The van der Waals surface area contributed by atoms with Crippen molar-refractivity contribution in [2.75, 3.05) is 18.6 Å². The topological polar surface area (TPSA) is 90.2 Å². The molecule has 8 nitrogen and oxygen atoms in total. The molecule has 10 heteroatoms. The molecule has 1 amide bonds. The molecule has 0 saturated carbocycles. The first kappa shape index (κ1) is 29.6. The van der Waals surface area contributed by atoms with Gasteiger partial charge in [0.1, 0.15) is 16.3 Å². The molecule has 0 N–H and O–H groups in total. The van der Waals surface area contributed by atoms with Gasteiger partial charge >= 0.3 is 5.97 Å². The number of anilines is 1. The molecule has 0 aliphatic carbocycles. The monoisotopic (exact) mass is 627 g/mol. The van der Waals surface area contributed by atoms with Crippen LogP contribution < -0.4 is 24.5 Å². The normalized spacial score (nSPS) is 16.9. The summed E-state index contributed by atoms with van der Waals surface area (Å²) in [5, 5.41) is 0.416. The Morgan fingerprint density at radius 3 is 2.50 bits per heavy atom. The first-order chi connectivity index (χ1) is 21.4. The summed E-state index contributed by atoms with van der Waals surface area (Å²) in [6.07, 6.45) is 1.19. The lowest BCUT2D eigenvalue weighted by Gasteiger charge is -2.27. The van der Waals surface area contributed by atoms with E-state index >= 15 is 0 Å². The largest absolute Gasteiger partial charge is 0.496 e. The van der Waals surface area contributed by atoms with Crippen molar-refractivity contribution >= 4 is 46.1 Å². The van der Waals surface area contributed by atoms with Crippen molar-refractivity contribution in [3.63, 3.8) is 0 Å². The van der Waals surface area contributed by atoms with Crippen molar-refractivity contribution < 1.29 is 19.1 Å². The van der Waals surface area contributed by atoms with Crippen LogP contribution in [0.15, 0.2) is 93.9 Å². The van der Waals surface area contributed by atoms with Crippen LogP contribution in [0.3, 0.4) is 0 Å². The van der Waals surface area contributed by atoms with Gasteiger partial charge in [-0.1, -0.05) is 84.8 Å². The zero-order chi connectivity index (χ0) is 31.0. The summed E-state index contributed by atoms with van der Waals surface area (Å²) in [5.74, 6) is -0.384. The minimum absolute atomic E-state index is 0.151. The van der Waals surface area contributed by atoms with Crippen molar-refractivity contribution in [3.8, 4) is 5.75 Å². The Kier molecular flexibility index (Phi) is 8.25. The van der Waals surface area contributed by atoms with Gasteiger partial charge in [0.25, 0.3) is 11.5 Å². The van der Waals surface area contributed by atoms with Crippen LogP contribution in [0.4, 0.5) is 5.69 Å². The van der Waals surface area contributed by atoms with Crippen LogP contribution in [0.2, 0.25) is 5.02 Å². The van der Waals surface area contributed by atoms with E-state index in [9.17, 15) is 14.4 Å². The molecule has 0 saturated heterocycles. The lowest BCUT2D eigenvalue weighted by molar-refractivity contribution is -0.139. The summed E-state index contributed by atoms with van der Waals surface area (Å²) < 4.78 is 12.9. The molecule has 0 spiro atoms. The van der Waals surface area contributed by atoms with Crippen LogP contribution in [0.1, 0.15) is 49.4 Å². The number of para-hydroxylation sites is 1. The predicted molar refractivity (Wildman–Crippen MR) is 171 cm³/mol. The summed E-state index contributed by atoms with van der Waals surface area (Å²) in [5.41, 5.74) is 3.56. The van der Waals surface area contributed by atoms with Gasteiger partial charge in [0, 0.05) is 16.1 Å². The van der Waals surface area contributed by atoms with Gasteiger partial charge in [0.2, 0.25) is 0 Å². The Hall–Kier alpha value is -4.47. The van der Waals surface area contributed by atoms with E-state index in [2.05, 4.69) is 0 Å². The Labute approximate surface area is 263 Å². The minimum atomic E-state index is -0.929. The van der Waals surface area contributed by atoms with Crippen LogP contribution in [0.25, 0.3) is 5.57 Å². The average Bonchev–Trinajstić information content (AvgIpc) is 3.49. The van der Waals surface area contributed by atoms with Crippen LogP contribution >= 0.6 is 22.9 Å². The third-order valence-corrected chi connectivity index (χ3v) is 8.98. The second-order valence-corrected chi connectivity index (χ2v) is 11.8. The summed E-state index contributed by atoms with van der Waals surface area (Å²) >= 11 is 7.61. The van der Waals surface area contributed by atoms with E-state index in [0.717, 1.165) is 22.6 Å². The molecule has 1 aromatic heterocycles. The van der Waals surface area contributed by atoms with E-state index in [-0.39, 0.29) is 22.6 Å². The molecule has 4 aromatic rings. The molecule has 2 aliphatic rings. The van der Waals surface area contributed by atoms with Crippen molar-refractivity contribution in [2.24, 2.45) is 4.99 Å². The first-order valence-corrected chi connectivity index (χ1v) is 15.6. The molecule has 0 unspecified atom stereocenters. The number of nitrogens with zero attached hydrogens (tertiary/aromatic N) is 3. The van der Waals surface area contributed by atoms with Gasteiger partial charge < -0.3 is 14.4 Å². The Morgan fingerprint density at radius 1 is 1.02 bits per heavy atom. The number of carbonyl (C=O) groups excluding carboxylic acids is 2. The number of methoxy groups -OCH3 is 1. The molecule has 0 bridgehead atoms. The molecule has 1 atom stereocenters. The molecule has 0 radical (unpaired) electrons. The van der Waals surface area contributed by atoms with Crippen LogP contribution in [-0.4, -0.2) is 30.2 Å². The number of allylic oxidation sites excluding steroid dienone is 1. The standard InChI is InChI=1S/C34H30ClN3O5S/c1-4-11-24-28(33(41)43-5-2)29(23-18-21(35)16-17-26(23)42-3)38-32(40)30(44-34(38)36-24)27-22-14-9-10-15-25(22)37(31(27)39)19-20-12-7-6-8-13-20/h6-10,12-18,29H,4-5,11,19H2,1-3H3/b30-27+/t29-/m0/s1. The number of rotatable bonds is 8. The second kappa shape index (κ2) is 12.3. The van der Waals surface area contributed by atoms with E-state index in [1.165, 1.54) is 11.7 Å². The number of aromatic nitrogens is 1. The zero-order valence-electron chi connectivity index (χ0n) is 24.5. The van der Waals surface area contributed by atoms with Gasteiger partial charge in [-0.2, -0.15) is 0 Å². The van der Waals surface area contributed by atoms with Gasteiger partial charge in [-0.3, -0.25) is 14.2 Å². The molecule has 3 heterocycles. The molecule has 3 aromatic carbocycles. The number of thiazole rings is 1. The minimum Gasteiger partial charge on any atom is -0.496 e. The number of fused-ring (bicyclic) bond motifs is 2. The van der Waals surface area contributed by atoms with Gasteiger partial charge in [0.15, 0.2) is 4.80 Å². The molecule has 6 rings (SSSR count). The molecule has 44 heavy (non-hydrogen) atoms. The SMILES string of the molecule is CCCC1=C(C(=O)OCC)[C@H](c2cc(Cl)ccc2OC)n2c(s/c(=C3/C(=O)N(Cc4ccccc4)c4ccccc43)c2=O)=N1. The molecular weight excluding hydrogens is 598 g/mol. The number of benzene rings is 3. The molecular formula is C34H30ClN3O5S. The smallest absolute Gasteiger partial charge is 0.338 e. The number of amides is 1. The highest BCUT2D eigenvalue weighted by Crippen LogP contribution is 2.39. The highest BCUT2D eigenvalue weighted by atomic mass is 35.5. The van der Waals surface area contributed by atoms with E-state index in [1.807, 2.05) is 61.5 Å². The molecule has 2 aliphatic heterocycles. The number of carbonyl (C=O) groups is 2. The third kappa shape index (κ3) is 5.06. The van der Waals surface area contributed by atoms with Gasteiger partial charge in [0.05, 0.1) is 42.8 Å². The summed E-state index contributed by atoms with van der Waals surface area (Å²) in [7, 11) is 1.52. The molecule has 224 valence electrons. The van der Waals surface area contributed by atoms with Crippen molar-refractivity contribution in [1.29, 1.82) is 0 Å². The van der Waals surface area contributed by atoms with Gasteiger partial charge in [-0.25, -0.2) is 9.79 Å². The Morgan fingerprint density at radius 2 is 1.77 bits per heavy atom. The van der Waals surface area contributed by atoms with E-state index in [1.54, 1.807) is 30.0 Å². The van der Waals surface area contributed by atoms with E-state index < -0.39 is 17.6 Å². The number of halogens is 1. The lowest BCUT2D eigenvalue weighted by Crippen LogP contribution is -2.41. The fraction of sp³-hybridized carbons (Fsp3) is 0.235. The number of ether oxygens (including phenoxy) is 2. The summed E-state index contributed by atoms with van der Waals surface area (Å²) in [6, 6.07) is 21.3. The average molecular weight is 628 g/mol. The van der Waals surface area contributed by atoms with Crippen molar-refractivity contribution in [3.05, 3.63) is 125 Å². The molecule has 0 fully saturated rings. The fourth-order valence-electron chi connectivity index (χ4n) is 5.81. The van der Waals surface area contributed by atoms with Gasteiger partial charge in [-0.15, -0.1) is 0 Å². The van der Waals surface area contributed by atoms with Crippen LogP contribution in [0.5, 0.6) is 5.75 Å². The van der Waals surface area contributed by atoms with E-state index in [4.69, 9.17) is 26.1 Å². The number of esters is 1. The van der Waals surface area contributed by atoms with Gasteiger partial charge in [-0.05, 0) is 43.2 Å². The van der Waals surface area contributed by atoms with Crippen molar-refractivity contribution in [2.45, 2.75) is 39.3 Å². The highest BCUT2D eigenvalue weighted by Gasteiger charge is 2.38. The lowest BCUT2D eigenvalue weighted by atomic mass is 9.93. The predicted octanol–water partition coefficient (Wildman–Crippen LogP) is 5.16. The maximum absolute atomic E-state index is 14.6. The second-order valence-electron chi connectivity index (χ2n) is 10.4. The number of hydrogen-bond acceptors (Lipinski definition) is 7. The summed E-state index contributed by atoms with van der Waals surface area (Å²) in [4.78, 5) is 49.2. The zero-order valence-corrected chi connectivity index (χ0v) is 26.1. The van der Waals surface area contributed by atoms with Crippen molar-refractivity contribution in [1.82, 2.24) is 4.57 Å².